The molecule has 0 unspecified atom stereocenters. The van der Waals surface area contributed by atoms with Gasteiger partial charge in [-0.3, -0.25) is 4.79 Å². The number of ether oxygens (including phenoxy) is 4. The molecule has 1 N–H and O–H groups in total. The van der Waals surface area contributed by atoms with Crippen LogP contribution in [0.5, 0.6) is 23.0 Å². The largest absolute Gasteiger partial charge is 0.497 e. The molecular weight excluding hydrogens is 516 g/mol. The summed E-state index contributed by atoms with van der Waals surface area (Å²) in [6.45, 7) is 0.448. The second-order valence-electron chi connectivity index (χ2n) is 8.49. The van der Waals surface area contributed by atoms with Crippen molar-refractivity contribution >= 4 is 34.4 Å². The first-order chi connectivity index (χ1) is 19.0. The number of fused-ring (bicyclic) bond motifs is 1. The molecule has 0 spiro atoms. The predicted octanol–water partition coefficient (Wildman–Crippen LogP) is 6.32. The van der Waals surface area contributed by atoms with Gasteiger partial charge in [-0.15, -0.1) is 0 Å². The number of hydrogen-bond donors (Lipinski definition) is 1. The van der Waals surface area contributed by atoms with Gasteiger partial charge in [0.05, 0.1) is 26.4 Å². The average molecular weight is 543 g/mol. The van der Waals surface area contributed by atoms with Crippen molar-refractivity contribution in [3.05, 3.63) is 100 Å². The van der Waals surface area contributed by atoms with Gasteiger partial charge in [-0.2, -0.15) is 5.26 Å². The zero-order valence-corrected chi connectivity index (χ0v) is 22.5. The number of amides is 1. The molecule has 0 bridgehead atoms. The SMILES string of the molecule is COc1ccc(CNC(=O)/C(C#N)=C/c2cc(Cl)c(OCc3cccc4ccccc34)c(OC)c2)c(OC)c1. The highest BCUT2D eigenvalue weighted by Gasteiger charge is 2.15. The van der Waals surface area contributed by atoms with E-state index in [9.17, 15) is 10.1 Å². The maximum atomic E-state index is 12.8. The number of rotatable bonds is 10. The fourth-order valence-corrected chi connectivity index (χ4v) is 4.39. The monoisotopic (exact) mass is 542 g/mol. The minimum atomic E-state index is -0.540. The molecule has 4 aromatic carbocycles. The normalized spacial score (nSPS) is 11.0. The molecule has 39 heavy (non-hydrogen) atoms. The quantitative estimate of drug-likeness (QED) is 0.186. The molecule has 0 aliphatic rings. The summed E-state index contributed by atoms with van der Waals surface area (Å²) in [7, 11) is 4.60. The molecule has 0 atom stereocenters. The molecule has 1 amide bonds. The number of methoxy groups -OCH3 is 3. The van der Waals surface area contributed by atoms with Gasteiger partial charge in [0, 0.05) is 18.2 Å². The van der Waals surface area contributed by atoms with Gasteiger partial charge in [0.25, 0.3) is 5.91 Å². The predicted molar refractivity (Wildman–Crippen MR) is 151 cm³/mol. The van der Waals surface area contributed by atoms with Gasteiger partial charge >= 0.3 is 0 Å². The summed E-state index contributed by atoms with van der Waals surface area (Å²) >= 11 is 6.56. The van der Waals surface area contributed by atoms with E-state index >= 15 is 0 Å². The van der Waals surface area contributed by atoms with Gasteiger partial charge in [-0.25, -0.2) is 0 Å². The van der Waals surface area contributed by atoms with Crippen LogP contribution in [0.3, 0.4) is 0 Å². The van der Waals surface area contributed by atoms with Crippen LogP contribution in [0.4, 0.5) is 0 Å². The van der Waals surface area contributed by atoms with Crippen LogP contribution in [0, 0.1) is 11.3 Å². The summed E-state index contributed by atoms with van der Waals surface area (Å²) < 4.78 is 22.2. The lowest BCUT2D eigenvalue weighted by Gasteiger charge is -2.15. The van der Waals surface area contributed by atoms with Crippen molar-refractivity contribution in [3.8, 4) is 29.1 Å². The maximum Gasteiger partial charge on any atom is 0.262 e. The summed E-state index contributed by atoms with van der Waals surface area (Å²) in [5, 5.41) is 14.9. The van der Waals surface area contributed by atoms with Crippen LogP contribution in [-0.2, 0) is 17.9 Å². The highest BCUT2D eigenvalue weighted by atomic mass is 35.5. The molecule has 0 heterocycles. The zero-order chi connectivity index (χ0) is 27.8. The third kappa shape index (κ3) is 6.43. The van der Waals surface area contributed by atoms with Gasteiger partial charge in [-0.1, -0.05) is 54.1 Å². The van der Waals surface area contributed by atoms with Gasteiger partial charge < -0.3 is 24.3 Å². The molecule has 7 nitrogen and oxygen atoms in total. The van der Waals surface area contributed by atoms with E-state index in [1.165, 1.54) is 20.3 Å². The second kappa shape index (κ2) is 12.7. The number of carbonyl (C=O) groups excluding carboxylic acids is 1. The van der Waals surface area contributed by atoms with E-state index in [-0.39, 0.29) is 18.7 Å². The maximum absolute atomic E-state index is 12.8. The van der Waals surface area contributed by atoms with Gasteiger partial charge in [0.15, 0.2) is 11.5 Å². The van der Waals surface area contributed by atoms with Gasteiger partial charge in [0.2, 0.25) is 0 Å². The van der Waals surface area contributed by atoms with Crippen molar-refractivity contribution in [2.75, 3.05) is 21.3 Å². The highest BCUT2D eigenvalue weighted by molar-refractivity contribution is 6.32. The summed E-state index contributed by atoms with van der Waals surface area (Å²) in [6, 6.07) is 24.6. The molecule has 0 saturated heterocycles. The molecule has 0 aromatic heterocycles. The summed E-state index contributed by atoms with van der Waals surface area (Å²) in [5.74, 6) is 1.41. The van der Waals surface area contributed by atoms with Crippen LogP contribution in [0.2, 0.25) is 5.02 Å². The second-order valence-corrected chi connectivity index (χ2v) is 8.90. The third-order valence-corrected chi connectivity index (χ3v) is 6.39. The molecule has 8 heteroatoms. The van der Waals surface area contributed by atoms with Crippen LogP contribution in [-0.4, -0.2) is 27.2 Å². The van der Waals surface area contributed by atoms with Gasteiger partial charge in [0.1, 0.15) is 29.7 Å². The number of nitriles is 1. The van der Waals surface area contributed by atoms with E-state index in [0.717, 1.165) is 21.9 Å². The lowest BCUT2D eigenvalue weighted by Crippen LogP contribution is -2.24. The summed E-state index contributed by atoms with van der Waals surface area (Å²) in [6.07, 6.45) is 1.45. The fourth-order valence-electron chi connectivity index (χ4n) is 4.12. The molecule has 0 fully saturated rings. The molecule has 198 valence electrons. The summed E-state index contributed by atoms with van der Waals surface area (Å²) in [4.78, 5) is 12.8. The van der Waals surface area contributed by atoms with Crippen molar-refractivity contribution < 1.29 is 23.7 Å². The Morgan fingerprint density at radius 3 is 2.44 bits per heavy atom. The Kier molecular flexibility index (Phi) is 8.93. The minimum Gasteiger partial charge on any atom is -0.497 e. The number of benzene rings is 4. The lowest BCUT2D eigenvalue weighted by atomic mass is 10.1. The van der Waals surface area contributed by atoms with Crippen molar-refractivity contribution in [2.45, 2.75) is 13.2 Å². The van der Waals surface area contributed by atoms with E-state index in [4.69, 9.17) is 30.5 Å². The Hall–Kier alpha value is -4.67. The smallest absolute Gasteiger partial charge is 0.262 e. The number of carbonyl (C=O) groups is 1. The van der Waals surface area contributed by atoms with E-state index in [2.05, 4.69) is 5.32 Å². The standard InChI is InChI=1S/C31H27ClN2O5/c1-36-25-12-11-22(28(16-25)37-2)18-34-31(35)24(17-33)13-20-14-27(32)30(29(15-20)38-3)39-19-23-9-6-8-21-7-4-5-10-26(21)23/h4-16H,18-19H2,1-3H3,(H,34,35)/b24-13+. The van der Waals surface area contributed by atoms with Crippen LogP contribution in [0.15, 0.2) is 78.4 Å². The van der Waals surface area contributed by atoms with Crippen molar-refractivity contribution in [1.82, 2.24) is 5.32 Å². The van der Waals surface area contributed by atoms with E-state index < -0.39 is 5.91 Å². The number of halogens is 1. The minimum absolute atomic E-state index is 0.0926. The third-order valence-electron chi connectivity index (χ3n) is 6.11. The Labute approximate surface area is 232 Å². The number of nitrogens with zero attached hydrogens (tertiary/aromatic N) is 1. The Bertz CT molecular complexity index is 1570. The molecule has 0 radical (unpaired) electrons. The van der Waals surface area contributed by atoms with Crippen LogP contribution < -0.4 is 24.3 Å². The topological polar surface area (TPSA) is 89.8 Å². The van der Waals surface area contributed by atoms with Crippen molar-refractivity contribution in [2.24, 2.45) is 0 Å². The van der Waals surface area contributed by atoms with Crippen LogP contribution in [0.1, 0.15) is 16.7 Å². The Morgan fingerprint density at radius 1 is 0.923 bits per heavy atom. The molecule has 0 aliphatic heterocycles. The van der Waals surface area contributed by atoms with Crippen molar-refractivity contribution in [1.29, 1.82) is 5.26 Å². The van der Waals surface area contributed by atoms with Crippen molar-refractivity contribution in [3.63, 3.8) is 0 Å². The molecular formula is C31H27ClN2O5. The van der Waals surface area contributed by atoms with E-state index in [1.54, 1.807) is 37.4 Å². The van der Waals surface area contributed by atoms with Crippen LogP contribution >= 0.6 is 11.6 Å². The zero-order valence-electron chi connectivity index (χ0n) is 21.8. The Balaban J connectivity index is 1.51. The highest BCUT2D eigenvalue weighted by Crippen LogP contribution is 2.38. The van der Waals surface area contributed by atoms with E-state index in [0.29, 0.717) is 33.6 Å². The first-order valence-corrected chi connectivity index (χ1v) is 12.4. The molecule has 0 saturated carbocycles. The summed E-state index contributed by atoms with van der Waals surface area (Å²) in [5.41, 5.74) is 2.17. The number of hydrogen-bond acceptors (Lipinski definition) is 6. The number of nitrogens with one attached hydrogen (secondary N) is 1. The van der Waals surface area contributed by atoms with Gasteiger partial charge in [-0.05, 0) is 52.2 Å². The molecule has 0 aliphatic carbocycles. The Morgan fingerprint density at radius 2 is 1.69 bits per heavy atom. The van der Waals surface area contributed by atoms with Crippen LogP contribution in [0.25, 0.3) is 16.8 Å². The first-order valence-electron chi connectivity index (χ1n) is 12.0. The van der Waals surface area contributed by atoms with E-state index in [1.807, 2.05) is 48.5 Å². The lowest BCUT2D eigenvalue weighted by molar-refractivity contribution is -0.117. The fraction of sp³-hybridized carbons (Fsp3) is 0.161. The molecule has 4 aromatic rings. The molecule has 4 rings (SSSR count). The first kappa shape index (κ1) is 27.4. The average Bonchev–Trinajstić information content (AvgIpc) is 2.97.